The van der Waals surface area contributed by atoms with Crippen molar-refractivity contribution in [2.24, 2.45) is 0 Å². The SMILES string of the molecule is C#Cc1c(C(C)C)nn2cccnc12.c1ccccc1. The van der Waals surface area contributed by atoms with Crippen LogP contribution in [0, 0.1) is 12.3 Å². The molecule has 3 aromatic rings. The average molecular weight is 263 g/mol. The lowest BCUT2D eigenvalue weighted by Crippen LogP contribution is -1.91. The highest BCUT2D eigenvalue weighted by Crippen LogP contribution is 2.19. The van der Waals surface area contributed by atoms with Crippen molar-refractivity contribution >= 4 is 5.65 Å². The van der Waals surface area contributed by atoms with Gasteiger partial charge in [0.1, 0.15) is 0 Å². The van der Waals surface area contributed by atoms with Gasteiger partial charge in [-0.2, -0.15) is 5.10 Å². The molecule has 100 valence electrons. The van der Waals surface area contributed by atoms with E-state index in [1.165, 1.54) is 0 Å². The molecule has 0 saturated heterocycles. The first-order valence-corrected chi connectivity index (χ1v) is 6.54. The molecule has 0 N–H and O–H groups in total. The quantitative estimate of drug-likeness (QED) is 0.629. The highest BCUT2D eigenvalue weighted by Gasteiger charge is 2.13. The van der Waals surface area contributed by atoms with Crippen LogP contribution in [0.5, 0.6) is 0 Å². The summed E-state index contributed by atoms with van der Waals surface area (Å²) in [6.45, 7) is 4.14. The zero-order valence-electron chi connectivity index (χ0n) is 11.7. The molecule has 0 saturated carbocycles. The molecule has 3 rings (SSSR count). The molecule has 0 aliphatic carbocycles. The van der Waals surface area contributed by atoms with E-state index in [4.69, 9.17) is 6.42 Å². The van der Waals surface area contributed by atoms with Crippen LogP contribution in [0.25, 0.3) is 5.65 Å². The molecule has 3 nitrogen and oxygen atoms in total. The van der Waals surface area contributed by atoms with E-state index in [1.54, 1.807) is 10.7 Å². The van der Waals surface area contributed by atoms with E-state index in [0.717, 1.165) is 16.9 Å². The maximum absolute atomic E-state index is 5.46. The Morgan fingerprint density at radius 2 is 1.65 bits per heavy atom. The van der Waals surface area contributed by atoms with Gasteiger partial charge in [-0.25, -0.2) is 9.50 Å². The minimum atomic E-state index is 0.322. The van der Waals surface area contributed by atoms with Crippen LogP contribution < -0.4 is 0 Å². The van der Waals surface area contributed by atoms with Crippen molar-refractivity contribution < 1.29 is 0 Å². The molecule has 1 aromatic carbocycles. The third-order valence-corrected chi connectivity index (χ3v) is 2.78. The summed E-state index contributed by atoms with van der Waals surface area (Å²) in [6, 6.07) is 13.8. The van der Waals surface area contributed by atoms with Gasteiger partial charge in [0, 0.05) is 12.4 Å². The van der Waals surface area contributed by atoms with Gasteiger partial charge in [-0.15, -0.1) is 6.42 Å². The second-order valence-corrected chi connectivity index (χ2v) is 4.60. The molecule has 2 heterocycles. The number of terminal acetylenes is 1. The summed E-state index contributed by atoms with van der Waals surface area (Å²) in [5.74, 6) is 2.98. The molecular formula is C17H17N3. The Labute approximate surface area is 119 Å². The van der Waals surface area contributed by atoms with E-state index < -0.39 is 0 Å². The summed E-state index contributed by atoms with van der Waals surface area (Å²) in [5, 5.41) is 4.39. The number of hydrogen-bond donors (Lipinski definition) is 0. The average Bonchev–Trinajstić information content (AvgIpc) is 2.88. The predicted octanol–water partition coefficient (Wildman–Crippen LogP) is 3.52. The number of nitrogens with zero attached hydrogens (tertiary/aromatic N) is 3. The summed E-state index contributed by atoms with van der Waals surface area (Å²) in [5.41, 5.74) is 2.51. The van der Waals surface area contributed by atoms with Gasteiger partial charge in [-0.1, -0.05) is 56.2 Å². The molecule has 0 unspecified atom stereocenters. The van der Waals surface area contributed by atoms with Crippen molar-refractivity contribution in [1.82, 2.24) is 14.6 Å². The van der Waals surface area contributed by atoms with Gasteiger partial charge in [-0.05, 0) is 12.0 Å². The van der Waals surface area contributed by atoms with Crippen molar-refractivity contribution in [3.8, 4) is 12.3 Å². The fourth-order valence-electron chi connectivity index (χ4n) is 1.83. The summed E-state index contributed by atoms with van der Waals surface area (Å²) >= 11 is 0. The topological polar surface area (TPSA) is 30.2 Å². The minimum Gasteiger partial charge on any atom is -0.236 e. The van der Waals surface area contributed by atoms with Gasteiger partial charge >= 0.3 is 0 Å². The summed E-state index contributed by atoms with van der Waals surface area (Å²) in [7, 11) is 0. The van der Waals surface area contributed by atoms with E-state index in [9.17, 15) is 0 Å². The monoisotopic (exact) mass is 263 g/mol. The van der Waals surface area contributed by atoms with E-state index in [1.807, 2.05) is 48.7 Å². The van der Waals surface area contributed by atoms with Crippen molar-refractivity contribution in [2.45, 2.75) is 19.8 Å². The number of rotatable bonds is 1. The van der Waals surface area contributed by atoms with Crippen molar-refractivity contribution in [1.29, 1.82) is 0 Å². The van der Waals surface area contributed by atoms with E-state index in [2.05, 4.69) is 29.9 Å². The third kappa shape index (κ3) is 3.04. The minimum absolute atomic E-state index is 0.322. The highest BCUT2D eigenvalue weighted by atomic mass is 15.2. The fraction of sp³-hybridized carbons (Fsp3) is 0.176. The molecule has 0 aliphatic rings. The molecule has 2 aromatic heterocycles. The van der Waals surface area contributed by atoms with Crippen LogP contribution in [-0.4, -0.2) is 14.6 Å². The largest absolute Gasteiger partial charge is 0.236 e. The van der Waals surface area contributed by atoms with Crippen molar-refractivity contribution in [2.75, 3.05) is 0 Å². The second-order valence-electron chi connectivity index (χ2n) is 4.60. The first kappa shape index (κ1) is 13.8. The molecule has 0 spiro atoms. The number of benzene rings is 1. The first-order chi connectivity index (χ1) is 9.74. The highest BCUT2D eigenvalue weighted by molar-refractivity contribution is 5.59. The van der Waals surface area contributed by atoms with Gasteiger partial charge in [0.15, 0.2) is 5.65 Å². The predicted molar refractivity (Wildman–Crippen MR) is 81.5 cm³/mol. The number of fused-ring (bicyclic) bond motifs is 1. The van der Waals surface area contributed by atoms with Crippen molar-refractivity contribution in [3.63, 3.8) is 0 Å². The number of hydrogen-bond acceptors (Lipinski definition) is 2. The summed E-state index contributed by atoms with van der Waals surface area (Å²) in [4.78, 5) is 4.21. The maximum atomic E-state index is 5.46. The van der Waals surface area contributed by atoms with Gasteiger partial charge in [0.25, 0.3) is 0 Å². The molecule has 0 aliphatic heterocycles. The molecule has 0 radical (unpaired) electrons. The van der Waals surface area contributed by atoms with Crippen molar-refractivity contribution in [3.05, 3.63) is 66.1 Å². The lowest BCUT2D eigenvalue weighted by Gasteiger charge is -1.98. The normalized spacial score (nSPS) is 9.90. The second kappa shape index (κ2) is 6.53. The van der Waals surface area contributed by atoms with Crippen LogP contribution in [0.3, 0.4) is 0 Å². The van der Waals surface area contributed by atoms with E-state index in [-0.39, 0.29) is 0 Å². The smallest absolute Gasteiger partial charge is 0.171 e. The van der Waals surface area contributed by atoms with Gasteiger partial charge in [0.2, 0.25) is 0 Å². The molecule has 0 fully saturated rings. The lowest BCUT2D eigenvalue weighted by atomic mass is 10.1. The standard InChI is InChI=1S/C11H11N3.C6H6/c1-4-9-10(8(2)3)13-14-7-5-6-12-11(9)14;1-2-4-6-5-3-1/h1,5-8H,2-3H3;1-6H. The Kier molecular flexibility index (Phi) is 4.52. The van der Waals surface area contributed by atoms with Crippen LogP contribution in [0.1, 0.15) is 31.0 Å². The van der Waals surface area contributed by atoms with Crippen LogP contribution in [0.15, 0.2) is 54.9 Å². The Morgan fingerprint density at radius 1 is 1.05 bits per heavy atom. The Morgan fingerprint density at radius 3 is 2.15 bits per heavy atom. The van der Waals surface area contributed by atoms with Crippen LogP contribution in [0.4, 0.5) is 0 Å². The molecular weight excluding hydrogens is 246 g/mol. The Balaban J connectivity index is 0.000000205. The maximum Gasteiger partial charge on any atom is 0.171 e. The summed E-state index contributed by atoms with van der Waals surface area (Å²) < 4.78 is 1.73. The first-order valence-electron chi connectivity index (χ1n) is 6.54. The zero-order valence-corrected chi connectivity index (χ0v) is 11.7. The molecule has 0 bridgehead atoms. The Bertz CT molecular complexity index is 679. The number of aromatic nitrogens is 3. The van der Waals surface area contributed by atoms with Crippen LogP contribution in [0.2, 0.25) is 0 Å². The van der Waals surface area contributed by atoms with E-state index >= 15 is 0 Å². The zero-order chi connectivity index (χ0) is 14.4. The van der Waals surface area contributed by atoms with E-state index in [0.29, 0.717) is 5.92 Å². The lowest BCUT2D eigenvalue weighted by molar-refractivity contribution is 0.785. The summed E-state index contributed by atoms with van der Waals surface area (Å²) in [6.07, 6.45) is 9.04. The van der Waals surface area contributed by atoms with Gasteiger partial charge < -0.3 is 0 Å². The third-order valence-electron chi connectivity index (χ3n) is 2.78. The van der Waals surface area contributed by atoms with Crippen LogP contribution in [-0.2, 0) is 0 Å². The molecule has 0 amide bonds. The Hall–Kier alpha value is -2.60. The molecule has 0 atom stereocenters. The van der Waals surface area contributed by atoms with Gasteiger partial charge in [-0.3, -0.25) is 0 Å². The fourth-order valence-corrected chi connectivity index (χ4v) is 1.83. The molecule has 20 heavy (non-hydrogen) atoms. The van der Waals surface area contributed by atoms with Crippen LogP contribution >= 0.6 is 0 Å². The van der Waals surface area contributed by atoms with Gasteiger partial charge in [0.05, 0.1) is 11.3 Å². The molecule has 3 heteroatoms.